The average Bonchev–Trinajstić information content (AvgIpc) is 3.67. The van der Waals surface area contributed by atoms with Crippen molar-refractivity contribution < 1.29 is 23.9 Å². The molecule has 0 bridgehead atoms. The normalized spacial score (nSPS) is 31.7. The molecular formula is C42H55N3O5. The van der Waals surface area contributed by atoms with Crippen LogP contribution in [-0.2, 0) is 36.8 Å². The summed E-state index contributed by atoms with van der Waals surface area (Å²) in [7, 11) is 0. The maximum absolute atomic E-state index is 14.4. The third-order valence-electron chi connectivity index (χ3n) is 13.4. The zero-order valence-corrected chi connectivity index (χ0v) is 30.8. The zero-order chi connectivity index (χ0) is 36.0. The number of amides is 1. The number of hydrogen-bond donors (Lipinski definition) is 2. The number of H-pyrrole nitrogens is 1. The number of nitrogens with zero attached hydrogens (tertiary/aromatic N) is 1. The molecule has 268 valence electrons. The molecule has 2 N–H and O–H groups in total. The lowest BCUT2D eigenvalue weighted by molar-refractivity contribution is -0.150. The van der Waals surface area contributed by atoms with E-state index in [4.69, 9.17) is 4.74 Å². The number of esters is 1. The molecule has 6 rings (SSSR count). The number of aryl methyl sites for hydroxylation is 2. The van der Waals surface area contributed by atoms with Crippen LogP contribution in [0.2, 0.25) is 0 Å². The number of ether oxygens (including phenoxy) is 1. The van der Waals surface area contributed by atoms with Crippen molar-refractivity contribution in [3.05, 3.63) is 71.0 Å². The van der Waals surface area contributed by atoms with E-state index in [1.54, 1.807) is 0 Å². The Bertz CT molecular complexity index is 1690. The number of rotatable bonds is 11. The van der Waals surface area contributed by atoms with E-state index < -0.39 is 6.10 Å². The molecule has 4 aliphatic rings. The number of fused-ring (bicyclic) bond motifs is 4. The highest BCUT2D eigenvalue weighted by atomic mass is 16.5. The maximum atomic E-state index is 14.4. The van der Waals surface area contributed by atoms with E-state index in [2.05, 4.69) is 55.0 Å². The van der Waals surface area contributed by atoms with Gasteiger partial charge in [-0.3, -0.25) is 24.3 Å². The fourth-order valence-corrected chi connectivity index (χ4v) is 10.5. The van der Waals surface area contributed by atoms with Gasteiger partial charge in [0.1, 0.15) is 11.9 Å². The van der Waals surface area contributed by atoms with Crippen LogP contribution in [0, 0.1) is 46.3 Å². The van der Waals surface area contributed by atoms with Gasteiger partial charge in [0.2, 0.25) is 5.91 Å². The fourth-order valence-electron chi connectivity index (χ4n) is 10.5. The summed E-state index contributed by atoms with van der Waals surface area (Å²) in [5, 5.41) is 10.3. The van der Waals surface area contributed by atoms with Gasteiger partial charge in [0.05, 0.1) is 5.92 Å². The van der Waals surface area contributed by atoms with E-state index in [-0.39, 0.29) is 57.9 Å². The van der Waals surface area contributed by atoms with Crippen LogP contribution in [0.4, 0.5) is 5.82 Å². The second kappa shape index (κ2) is 14.1. The van der Waals surface area contributed by atoms with Gasteiger partial charge in [0, 0.05) is 48.4 Å². The van der Waals surface area contributed by atoms with Crippen LogP contribution in [0.15, 0.2) is 59.7 Å². The number of ketones is 2. The van der Waals surface area contributed by atoms with E-state index in [1.165, 1.54) is 12.5 Å². The number of carbonyl (C=O) groups is 4. The summed E-state index contributed by atoms with van der Waals surface area (Å²) in [6, 6.07) is 12.2. The van der Waals surface area contributed by atoms with Crippen molar-refractivity contribution in [3.8, 4) is 0 Å². The molecule has 2 fully saturated rings. The van der Waals surface area contributed by atoms with Crippen LogP contribution in [0.25, 0.3) is 0 Å². The molecule has 0 spiro atoms. The molecule has 0 aliphatic heterocycles. The monoisotopic (exact) mass is 681 g/mol. The molecule has 2 saturated carbocycles. The molecule has 1 aromatic carbocycles. The SMILES string of the molecule is C=C(CC[C@@H](C)[C@H]1CC[C@H]2C3=C(C(=O)C[C@]12C)[C@@]1(C)CCC(=O)[C@@H](C)[C@@H]1C[C@H]3OC(C)=O)[C@H](C)C(=O)Nc1cc(CCc2ccccc2)[nH]n1. The lowest BCUT2D eigenvalue weighted by Crippen LogP contribution is -2.54. The summed E-state index contributed by atoms with van der Waals surface area (Å²) >= 11 is 0. The molecule has 1 heterocycles. The van der Waals surface area contributed by atoms with Gasteiger partial charge in [-0.2, -0.15) is 5.10 Å². The molecule has 2 aromatic rings. The van der Waals surface area contributed by atoms with Crippen LogP contribution in [0.5, 0.6) is 0 Å². The molecular weight excluding hydrogens is 626 g/mol. The Hall–Kier alpha value is -3.81. The summed E-state index contributed by atoms with van der Waals surface area (Å²) < 4.78 is 6.02. The highest BCUT2D eigenvalue weighted by Gasteiger charge is 2.62. The van der Waals surface area contributed by atoms with Crippen LogP contribution >= 0.6 is 0 Å². The van der Waals surface area contributed by atoms with Crippen molar-refractivity contribution >= 4 is 29.3 Å². The Balaban J connectivity index is 1.10. The number of allylic oxidation sites excluding steroid dienone is 1. The number of Topliss-reactive ketones (excluding diaryl/α,β-unsaturated/α-hetero) is 2. The first-order valence-electron chi connectivity index (χ1n) is 18.8. The van der Waals surface area contributed by atoms with E-state index in [0.717, 1.165) is 60.9 Å². The molecule has 9 atom stereocenters. The van der Waals surface area contributed by atoms with Crippen molar-refractivity contribution in [2.24, 2.45) is 46.3 Å². The molecule has 8 heteroatoms. The number of anilines is 1. The first kappa shape index (κ1) is 36.0. The maximum Gasteiger partial charge on any atom is 0.303 e. The van der Waals surface area contributed by atoms with Gasteiger partial charge >= 0.3 is 5.97 Å². The number of nitrogens with one attached hydrogen (secondary N) is 2. The topological polar surface area (TPSA) is 118 Å². The number of aromatic amines is 1. The molecule has 8 nitrogen and oxygen atoms in total. The van der Waals surface area contributed by atoms with Gasteiger partial charge < -0.3 is 10.1 Å². The van der Waals surface area contributed by atoms with E-state index >= 15 is 0 Å². The van der Waals surface area contributed by atoms with Gasteiger partial charge in [0.15, 0.2) is 11.6 Å². The van der Waals surface area contributed by atoms with Crippen LogP contribution in [-0.4, -0.2) is 39.7 Å². The van der Waals surface area contributed by atoms with Crippen LogP contribution in [0.1, 0.15) is 104 Å². The van der Waals surface area contributed by atoms with E-state index in [9.17, 15) is 19.2 Å². The van der Waals surface area contributed by atoms with Gasteiger partial charge in [-0.25, -0.2) is 0 Å². The minimum atomic E-state index is -0.454. The minimum absolute atomic E-state index is 0.00352. The molecule has 1 aromatic heterocycles. The predicted octanol–water partition coefficient (Wildman–Crippen LogP) is 8.00. The Morgan fingerprint density at radius 1 is 1.12 bits per heavy atom. The fraction of sp³-hybridized carbons (Fsp3) is 0.595. The molecule has 50 heavy (non-hydrogen) atoms. The minimum Gasteiger partial charge on any atom is -0.458 e. The van der Waals surface area contributed by atoms with E-state index in [1.807, 2.05) is 38.1 Å². The first-order chi connectivity index (χ1) is 23.7. The van der Waals surface area contributed by atoms with Crippen molar-refractivity contribution in [1.29, 1.82) is 0 Å². The van der Waals surface area contributed by atoms with Crippen molar-refractivity contribution in [2.45, 2.75) is 112 Å². The Labute approximate surface area is 297 Å². The summed E-state index contributed by atoms with van der Waals surface area (Å²) in [4.78, 5) is 52.8. The van der Waals surface area contributed by atoms with Crippen molar-refractivity contribution in [2.75, 3.05) is 5.32 Å². The largest absolute Gasteiger partial charge is 0.458 e. The second-order valence-corrected chi connectivity index (χ2v) is 16.4. The third kappa shape index (κ3) is 6.67. The molecule has 1 amide bonds. The second-order valence-electron chi connectivity index (χ2n) is 16.4. The smallest absolute Gasteiger partial charge is 0.303 e. The summed E-state index contributed by atoms with van der Waals surface area (Å²) in [5.74, 6) is 0.769. The highest BCUT2D eigenvalue weighted by molar-refractivity contribution is 6.00. The number of aromatic nitrogens is 2. The van der Waals surface area contributed by atoms with Crippen molar-refractivity contribution in [1.82, 2.24) is 10.2 Å². The van der Waals surface area contributed by atoms with Crippen LogP contribution in [0.3, 0.4) is 0 Å². The number of benzene rings is 1. The van der Waals surface area contributed by atoms with Gasteiger partial charge in [0.25, 0.3) is 0 Å². The molecule has 0 radical (unpaired) electrons. The molecule has 0 unspecified atom stereocenters. The highest BCUT2D eigenvalue weighted by Crippen LogP contribution is 2.65. The van der Waals surface area contributed by atoms with Gasteiger partial charge in [-0.15, -0.1) is 0 Å². The van der Waals surface area contributed by atoms with Gasteiger partial charge in [-0.1, -0.05) is 70.2 Å². The average molecular weight is 682 g/mol. The quantitative estimate of drug-likeness (QED) is 0.183. The number of hydrogen-bond acceptors (Lipinski definition) is 6. The summed E-state index contributed by atoms with van der Waals surface area (Å²) in [5.41, 5.74) is 4.45. The molecule has 0 saturated heterocycles. The van der Waals surface area contributed by atoms with Crippen LogP contribution < -0.4 is 5.32 Å². The summed E-state index contributed by atoms with van der Waals surface area (Å²) in [6.07, 6.45) is 7.08. The van der Waals surface area contributed by atoms with Crippen molar-refractivity contribution in [3.63, 3.8) is 0 Å². The number of carbonyl (C=O) groups excluding carboxylic acids is 4. The predicted molar refractivity (Wildman–Crippen MR) is 194 cm³/mol. The molecule has 4 aliphatic carbocycles. The Morgan fingerprint density at radius 2 is 1.86 bits per heavy atom. The van der Waals surface area contributed by atoms with E-state index in [0.29, 0.717) is 43.3 Å². The Morgan fingerprint density at radius 3 is 2.58 bits per heavy atom. The lowest BCUT2D eigenvalue weighted by atomic mass is 9.48. The first-order valence-corrected chi connectivity index (χ1v) is 18.8. The van der Waals surface area contributed by atoms with Gasteiger partial charge in [-0.05, 0) is 98.5 Å². The standard InChI is InChI=1S/C42H55N3O5/c1-24(26(3)40(49)43-37-21-30(44-45-37)16-15-29-11-9-8-10-12-29)13-14-25(2)31-17-18-32-38-36(50-28(5)46)22-33-27(4)34(47)19-20-41(33,6)39(38)35(48)23-42(31,32)7/h8-12,21,25-27,31-33,36H,1,13-20,22-23H2,2-7H3,(H2,43,44,45,49)/t25-,26+,27+,31-,32+,33+,36-,41+,42-/m1/s1. The zero-order valence-electron chi connectivity index (χ0n) is 30.8. The lowest BCUT2D eigenvalue weighted by Gasteiger charge is -2.56. The third-order valence-corrected chi connectivity index (χ3v) is 13.4. The summed E-state index contributed by atoms with van der Waals surface area (Å²) in [6.45, 7) is 16.4. The Kier molecular flexibility index (Phi) is 10.1.